The van der Waals surface area contributed by atoms with Crippen LogP contribution in [-0.4, -0.2) is 50.6 Å². The van der Waals surface area contributed by atoms with Crippen LogP contribution < -0.4 is 0 Å². The van der Waals surface area contributed by atoms with Crippen molar-refractivity contribution in [3.63, 3.8) is 0 Å². The maximum absolute atomic E-state index is 2.42. The Bertz CT molecular complexity index is 134. The van der Waals surface area contributed by atoms with Crippen LogP contribution in [0.1, 0.15) is 13.3 Å². The third-order valence-corrected chi connectivity index (χ3v) is 2.45. The van der Waals surface area contributed by atoms with Crippen molar-refractivity contribution in [1.29, 1.82) is 0 Å². The van der Waals surface area contributed by atoms with Crippen LogP contribution in [0.25, 0.3) is 0 Å². The third kappa shape index (κ3) is 2.46. The van der Waals surface area contributed by atoms with Gasteiger partial charge in [0.2, 0.25) is 0 Å². The summed E-state index contributed by atoms with van der Waals surface area (Å²) in [5, 5.41) is 0. The lowest BCUT2D eigenvalue weighted by Gasteiger charge is -2.27. The van der Waals surface area contributed by atoms with Crippen molar-refractivity contribution in [2.45, 2.75) is 13.3 Å². The van der Waals surface area contributed by atoms with Crippen molar-refractivity contribution in [3.05, 3.63) is 0 Å². The molecule has 1 unspecified atom stereocenters. The topological polar surface area (TPSA) is 6.48 Å². The Morgan fingerprint density at radius 1 is 1.45 bits per heavy atom. The molecule has 0 bridgehead atoms. The largest absolute Gasteiger partial charge is 0.309 e. The van der Waals surface area contributed by atoms with Gasteiger partial charge in [-0.05, 0) is 39.5 Å². The van der Waals surface area contributed by atoms with Gasteiger partial charge in [0.1, 0.15) is 0 Å². The Kier molecular flexibility index (Phi) is 2.55. The summed E-state index contributed by atoms with van der Waals surface area (Å²) in [6.45, 7) is 6.13. The van der Waals surface area contributed by atoms with Crippen LogP contribution >= 0.6 is 0 Å². The highest BCUT2D eigenvalue weighted by Crippen LogP contribution is 2.28. The second kappa shape index (κ2) is 3.11. The molecular weight excluding hydrogens is 136 g/mol. The Labute approximate surface area is 70.2 Å². The summed E-state index contributed by atoms with van der Waals surface area (Å²) >= 11 is 0. The van der Waals surface area contributed by atoms with Crippen molar-refractivity contribution in [2.75, 3.05) is 40.8 Å². The van der Waals surface area contributed by atoms with Crippen LogP contribution in [0, 0.1) is 5.41 Å². The standard InChI is InChI=1S/C9H20N2/c1-9(7-10(2)3)5-6-11(4)8-9/h5-8H2,1-4H3. The van der Waals surface area contributed by atoms with E-state index < -0.39 is 0 Å². The molecule has 0 saturated carbocycles. The fourth-order valence-corrected chi connectivity index (χ4v) is 2.16. The lowest BCUT2D eigenvalue weighted by Crippen LogP contribution is -2.33. The van der Waals surface area contributed by atoms with Crippen LogP contribution in [0.15, 0.2) is 0 Å². The molecule has 1 fully saturated rings. The fourth-order valence-electron chi connectivity index (χ4n) is 2.16. The summed E-state index contributed by atoms with van der Waals surface area (Å²) in [4.78, 5) is 4.71. The van der Waals surface area contributed by atoms with Gasteiger partial charge in [-0.1, -0.05) is 6.92 Å². The van der Waals surface area contributed by atoms with E-state index >= 15 is 0 Å². The molecule has 1 heterocycles. The van der Waals surface area contributed by atoms with Crippen LogP contribution in [0.4, 0.5) is 0 Å². The van der Waals surface area contributed by atoms with Crippen molar-refractivity contribution in [3.8, 4) is 0 Å². The minimum atomic E-state index is 0.540. The van der Waals surface area contributed by atoms with E-state index in [4.69, 9.17) is 0 Å². The molecule has 0 aromatic heterocycles. The zero-order chi connectivity index (χ0) is 8.48. The highest BCUT2D eigenvalue weighted by molar-refractivity contribution is 4.86. The predicted octanol–water partition coefficient (Wildman–Crippen LogP) is 0.890. The minimum absolute atomic E-state index is 0.540. The zero-order valence-corrected chi connectivity index (χ0v) is 8.22. The van der Waals surface area contributed by atoms with E-state index in [2.05, 4.69) is 37.9 Å². The smallest absolute Gasteiger partial charge is 0.00450 e. The summed E-state index contributed by atoms with van der Waals surface area (Å²) < 4.78 is 0. The number of likely N-dealkylation sites (tertiary alicyclic amines) is 1. The molecule has 0 aromatic carbocycles. The van der Waals surface area contributed by atoms with E-state index in [1.165, 1.54) is 26.1 Å². The Hall–Kier alpha value is -0.0800. The first kappa shape index (κ1) is 9.01. The summed E-state index contributed by atoms with van der Waals surface area (Å²) in [6, 6.07) is 0. The maximum atomic E-state index is 2.42. The average molecular weight is 156 g/mol. The molecule has 2 nitrogen and oxygen atoms in total. The van der Waals surface area contributed by atoms with E-state index in [0.29, 0.717) is 5.41 Å². The van der Waals surface area contributed by atoms with Crippen LogP contribution in [-0.2, 0) is 0 Å². The SMILES string of the molecule is CN(C)CC1(C)CCN(C)C1. The minimum Gasteiger partial charge on any atom is -0.309 e. The van der Waals surface area contributed by atoms with Gasteiger partial charge in [0, 0.05) is 13.1 Å². The molecule has 66 valence electrons. The van der Waals surface area contributed by atoms with Gasteiger partial charge in [-0.2, -0.15) is 0 Å². The van der Waals surface area contributed by atoms with Crippen LogP contribution in [0.2, 0.25) is 0 Å². The molecule has 0 spiro atoms. The number of hydrogen-bond donors (Lipinski definition) is 0. The van der Waals surface area contributed by atoms with Crippen LogP contribution in [0.5, 0.6) is 0 Å². The van der Waals surface area contributed by atoms with Gasteiger partial charge < -0.3 is 9.80 Å². The molecule has 2 heteroatoms. The molecule has 1 atom stereocenters. The van der Waals surface area contributed by atoms with E-state index in [0.717, 1.165) is 0 Å². The van der Waals surface area contributed by atoms with Crippen molar-refractivity contribution in [1.82, 2.24) is 9.80 Å². The third-order valence-electron chi connectivity index (χ3n) is 2.45. The van der Waals surface area contributed by atoms with E-state index in [1.54, 1.807) is 0 Å². The molecule has 11 heavy (non-hydrogen) atoms. The maximum Gasteiger partial charge on any atom is 0.00450 e. The number of hydrogen-bond acceptors (Lipinski definition) is 2. The second-order valence-corrected chi connectivity index (χ2v) is 4.54. The quantitative estimate of drug-likeness (QED) is 0.586. The summed E-state index contributed by atoms with van der Waals surface area (Å²) in [6.07, 6.45) is 1.35. The molecule has 0 radical (unpaired) electrons. The van der Waals surface area contributed by atoms with Crippen molar-refractivity contribution < 1.29 is 0 Å². The highest BCUT2D eigenvalue weighted by atomic mass is 15.2. The molecule has 0 N–H and O–H groups in total. The molecule has 1 aliphatic rings. The first-order valence-corrected chi connectivity index (χ1v) is 4.35. The Balaban J connectivity index is 2.42. The summed E-state index contributed by atoms with van der Waals surface area (Å²) in [7, 11) is 6.52. The first-order chi connectivity index (χ1) is 5.02. The molecular formula is C9H20N2. The van der Waals surface area contributed by atoms with Crippen molar-refractivity contribution in [2.24, 2.45) is 5.41 Å². The van der Waals surface area contributed by atoms with Gasteiger partial charge in [-0.3, -0.25) is 0 Å². The predicted molar refractivity (Wildman–Crippen MR) is 48.8 cm³/mol. The second-order valence-electron chi connectivity index (χ2n) is 4.54. The molecule has 0 aromatic rings. The van der Waals surface area contributed by atoms with Gasteiger partial charge in [-0.25, -0.2) is 0 Å². The van der Waals surface area contributed by atoms with E-state index in [1.807, 2.05) is 0 Å². The highest BCUT2D eigenvalue weighted by Gasteiger charge is 2.31. The van der Waals surface area contributed by atoms with Gasteiger partial charge in [-0.15, -0.1) is 0 Å². The number of nitrogens with zero attached hydrogens (tertiary/aromatic N) is 2. The summed E-state index contributed by atoms with van der Waals surface area (Å²) in [5.41, 5.74) is 0.540. The average Bonchev–Trinajstić information content (AvgIpc) is 2.08. The van der Waals surface area contributed by atoms with Gasteiger partial charge in [0.15, 0.2) is 0 Å². The fraction of sp³-hybridized carbons (Fsp3) is 1.00. The molecule has 0 amide bonds. The summed E-state index contributed by atoms with van der Waals surface area (Å²) in [5.74, 6) is 0. The Morgan fingerprint density at radius 2 is 2.09 bits per heavy atom. The number of rotatable bonds is 2. The first-order valence-electron chi connectivity index (χ1n) is 4.35. The van der Waals surface area contributed by atoms with Gasteiger partial charge in [0.05, 0.1) is 0 Å². The zero-order valence-electron chi connectivity index (χ0n) is 8.22. The lowest BCUT2D eigenvalue weighted by molar-refractivity contribution is 0.221. The lowest BCUT2D eigenvalue weighted by atomic mass is 9.89. The Morgan fingerprint density at radius 3 is 2.45 bits per heavy atom. The van der Waals surface area contributed by atoms with Crippen LogP contribution in [0.3, 0.4) is 0 Å². The van der Waals surface area contributed by atoms with Gasteiger partial charge in [0.25, 0.3) is 0 Å². The molecule has 1 rings (SSSR count). The monoisotopic (exact) mass is 156 g/mol. The van der Waals surface area contributed by atoms with Gasteiger partial charge >= 0.3 is 0 Å². The normalized spacial score (nSPS) is 33.5. The molecule has 1 saturated heterocycles. The van der Waals surface area contributed by atoms with Crippen molar-refractivity contribution >= 4 is 0 Å². The molecule has 1 aliphatic heterocycles. The molecule has 0 aliphatic carbocycles. The van der Waals surface area contributed by atoms with E-state index in [9.17, 15) is 0 Å². The van der Waals surface area contributed by atoms with E-state index in [-0.39, 0.29) is 0 Å².